The summed E-state index contributed by atoms with van der Waals surface area (Å²) in [5.41, 5.74) is 2.86. The van der Waals surface area contributed by atoms with Crippen molar-refractivity contribution in [2.45, 2.75) is 97.1 Å². The summed E-state index contributed by atoms with van der Waals surface area (Å²) in [4.78, 5) is 0. The SMILES string of the molecule is CCCCCCCCCCCC(COC(C)C)NN. The number of ether oxygens (including phenoxy) is 1. The summed E-state index contributed by atoms with van der Waals surface area (Å²) in [6, 6.07) is 0.312. The lowest BCUT2D eigenvalue weighted by Crippen LogP contribution is -2.39. The predicted octanol–water partition coefficient (Wildman–Crippen LogP) is 4.16. The molecule has 1 atom stereocenters. The number of nitrogens with one attached hydrogen (secondary N) is 1. The van der Waals surface area contributed by atoms with Gasteiger partial charge in [0.1, 0.15) is 0 Å². The molecule has 0 heterocycles. The molecule has 0 aliphatic carbocycles. The molecule has 116 valence electrons. The number of hydrazine groups is 1. The van der Waals surface area contributed by atoms with E-state index >= 15 is 0 Å². The van der Waals surface area contributed by atoms with E-state index in [-0.39, 0.29) is 0 Å². The molecule has 19 heavy (non-hydrogen) atoms. The van der Waals surface area contributed by atoms with Gasteiger partial charge in [0.25, 0.3) is 0 Å². The van der Waals surface area contributed by atoms with Crippen LogP contribution in [0, 0.1) is 0 Å². The van der Waals surface area contributed by atoms with Crippen molar-refractivity contribution in [1.82, 2.24) is 5.43 Å². The third-order valence-corrected chi connectivity index (χ3v) is 3.52. The molecule has 0 spiro atoms. The molecule has 3 nitrogen and oxygen atoms in total. The van der Waals surface area contributed by atoms with Crippen LogP contribution < -0.4 is 11.3 Å². The lowest BCUT2D eigenvalue weighted by molar-refractivity contribution is 0.0590. The van der Waals surface area contributed by atoms with Gasteiger partial charge in [0.15, 0.2) is 0 Å². The third kappa shape index (κ3) is 14.1. The number of unbranched alkanes of at least 4 members (excludes halogenated alkanes) is 8. The van der Waals surface area contributed by atoms with Gasteiger partial charge in [-0.15, -0.1) is 0 Å². The molecule has 0 radical (unpaired) electrons. The highest BCUT2D eigenvalue weighted by Crippen LogP contribution is 2.11. The van der Waals surface area contributed by atoms with Crippen LogP contribution >= 0.6 is 0 Å². The normalized spacial score (nSPS) is 13.1. The Bertz CT molecular complexity index is 174. The van der Waals surface area contributed by atoms with Crippen molar-refractivity contribution in [3.63, 3.8) is 0 Å². The molecule has 0 bridgehead atoms. The van der Waals surface area contributed by atoms with Crippen LogP contribution in [0.15, 0.2) is 0 Å². The first kappa shape index (κ1) is 18.9. The van der Waals surface area contributed by atoms with Gasteiger partial charge in [-0.1, -0.05) is 64.7 Å². The van der Waals surface area contributed by atoms with Gasteiger partial charge in [-0.05, 0) is 20.3 Å². The number of hydrogen-bond acceptors (Lipinski definition) is 3. The van der Waals surface area contributed by atoms with Crippen LogP contribution in [0.2, 0.25) is 0 Å². The average Bonchev–Trinajstić information content (AvgIpc) is 2.40. The molecule has 0 aliphatic heterocycles. The van der Waals surface area contributed by atoms with Gasteiger partial charge in [0.2, 0.25) is 0 Å². The quantitative estimate of drug-likeness (QED) is 0.283. The summed E-state index contributed by atoms with van der Waals surface area (Å²) >= 11 is 0. The lowest BCUT2D eigenvalue weighted by atomic mass is 10.0. The third-order valence-electron chi connectivity index (χ3n) is 3.52. The standard InChI is InChI=1S/C16H36N2O/c1-4-5-6-7-8-9-10-11-12-13-16(18-17)14-19-15(2)3/h15-16,18H,4-14,17H2,1-3H3. The Morgan fingerprint density at radius 3 is 1.89 bits per heavy atom. The summed E-state index contributed by atoms with van der Waals surface area (Å²) in [6.07, 6.45) is 13.8. The molecule has 0 aromatic rings. The molecule has 0 saturated carbocycles. The van der Waals surface area contributed by atoms with E-state index in [0.29, 0.717) is 12.1 Å². The molecule has 0 fully saturated rings. The zero-order chi connectivity index (χ0) is 14.3. The van der Waals surface area contributed by atoms with Gasteiger partial charge < -0.3 is 4.74 Å². The second kappa shape index (κ2) is 14.3. The molecular weight excluding hydrogens is 236 g/mol. The Kier molecular flexibility index (Phi) is 14.2. The Balaban J connectivity index is 3.26. The molecular formula is C16H36N2O. The molecule has 0 rings (SSSR count). The fourth-order valence-corrected chi connectivity index (χ4v) is 2.22. The highest BCUT2D eigenvalue weighted by molar-refractivity contribution is 4.63. The van der Waals surface area contributed by atoms with Crippen molar-refractivity contribution in [3.8, 4) is 0 Å². The summed E-state index contributed by atoms with van der Waals surface area (Å²) in [6.45, 7) is 7.12. The van der Waals surface area contributed by atoms with Crippen molar-refractivity contribution < 1.29 is 4.74 Å². The van der Waals surface area contributed by atoms with Crippen LogP contribution in [0.3, 0.4) is 0 Å². The van der Waals surface area contributed by atoms with Crippen molar-refractivity contribution in [2.24, 2.45) is 5.84 Å². The number of rotatable bonds is 14. The van der Waals surface area contributed by atoms with E-state index in [1.165, 1.54) is 57.8 Å². The van der Waals surface area contributed by atoms with E-state index in [9.17, 15) is 0 Å². The minimum absolute atomic E-state index is 0.291. The molecule has 0 saturated heterocycles. The Morgan fingerprint density at radius 2 is 1.42 bits per heavy atom. The maximum absolute atomic E-state index is 5.59. The largest absolute Gasteiger partial charge is 0.377 e. The fourth-order valence-electron chi connectivity index (χ4n) is 2.22. The Labute approximate surface area is 120 Å². The second-order valence-electron chi connectivity index (χ2n) is 5.86. The zero-order valence-corrected chi connectivity index (χ0v) is 13.4. The Morgan fingerprint density at radius 1 is 0.895 bits per heavy atom. The second-order valence-corrected chi connectivity index (χ2v) is 5.86. The molecule has 0 aliphatic rings. The molecule has 0 aromatic carbocycles. The lowest BCUT2D eigenvalue weighted by Gasteiger charge is -2.17. The van der Waals surface area contributed by atoms with Crippen molar-refractivity contribution in [3.05, 3.63) is 0 Å². The van der Waals surface area contributed by atoms with E-state index < -0.39 is 0 Å². The van der Waals surface area contributed by atoms with Crippen LogP contribution in [-0.4, -0.2) is 18.8 Å². The van der Waals surface area contributed by atoms with Gasteiger partial charge in [-0.3, -0.25) is 11.3 Å². The minimum atomic E-state index is 0.291. The monoisotopic (exact) mass is 272 g/mol. The first-order chi connectivity index (χ1) is 9.20. The molecule has 1 unspecified atom stereocenters. The predicted molar refractivity (Wildman–Crippen MR) is 84.0 cm³/mol. The smallest absolute Gasteiger partial charge is 0.0636 e. The first-order valence-corrected chi connectivity index (χ1v) is 8.28. The maximum atomic E-state index is 5.59. The summed E-state index contributed by atoms with van der Waals surface area (Å²) in [5, 5.41) is 0. The number of hydrogen-bond donors (Lipinski definition) is 2. The van der Waals surface area contributed by atoms with E-state index in [1.54, 1.807) is 0 Å². The van der Waals surface area contributed by atoms with Crippen LogP contribution in [0.4, 0.5) is 0 Å². The molecule has 3 N–H and O–H groups in total. The fraction of sp³-hybridized carbons (Fsp3) is 1.00. The van der Waals surface area contributed by atoms with Gasteiger partial charge in [-0.25, -0.2) is 0 Å². The topological polar surface area (TPSA) is 47.3 Å². The van der Waals surface area contributed by atoms with Crippen LogP contribution in [0.1, 0.15) is 85.0 Å². The van der Waals surface area contributed by atoms with E-state index in [2.05, 4.69) is 26.2 Å². The highest BCUT2D eigenvalue weighted by atomic mass is 16.5. The van der Waals surface area contributed by atoms with Gasteiger partial charge in [-0.2, -0.15) is 0 Å². The van der Waals surface area contributed by atoms with Crippen molar-refractivity contribution >= 4 is 0 Å². The summed E-state index contributed by atoms with van der Waals surface area (Å²) in [5.74, 6) is 5.54. The maximum Gasteiger partial charge on any atom is 0.0636 e. The van der Waals surface area contributed by atoms with Gasteiger partial charge in [0, 0.05) is 6.04 Å². The molecule has 0 aromatic heterocycles. The van der Waals surface area contributed by atoms with E-state index in [4.69, 9.17) is 10.6 Å². The Hall–Kier alpha value is -0.120. The zero-order valence-electron chi connectivity index (χ0n) is 13.4. The first-order valence-electron chi connectivity index (χ1n) is 8.28. The van der Waals surface area contributed by atoms with Gasteiger partial charge in [0.05, 0.1) is 12.7 Å². The van der Waals surface area contributed by atoms with Crippen LogP contribution in [-0.2, 0) is 4.74 Å². The summed E-state index contributed by atoms with van der Waals surface area (Å²) in [7, 11) is 0. The number of nitrogens with two attached hydrogens (primary N) is 1. The average molecular weight is 272 g/mol. The van der Waals surface area contributed by atoms with E-state index in [0.717, 1.165) is 13.0 Å². The van der Waals surface area contributed by atoms with Gasteiger partial charge >= 0.3 is 0 Å². The molecule has 3 heteroatoms. The van der Waals surface area contributed by atoms with Crippen LogP contribution in [0.25, 0.3) is 0 Å². The van der Waals surface area contributed by atoms with Crippen LogP contribution in [0.5, 0.6) is 0 Å². The van der Waals surface area contributed by atoms with E-state index in [1.807, 2.05) is 0 Å². The summed E-state index contributed by atoms with van der Waals surface area (Å²) < 4.78 is 5.59. The highest BCUT2D eigenvalue weighted by Gasteiger charge is 2.07. The molecule has 0 amide bonds. The van der Waals surface area contributed by atoms with Crippen molar-refractivity contribution in [2.75, 3.05) is 6.61 Å². The minimum Gasteiger partial charge on any atom is -0.377 e. The van der Waals surface area contributed by atoms with Crippen molar-refractivity contribution in [1.29, 1.82) is 0 Å².